The van der Waals surface area contributed by atoms with Crippen LogP contribution in [0.25, 0.3) is 0 Å². The van der Waals surface area contributed by atoms with Gasteiger partial charge in [-0.05, 0) is 80.4 Å². The molecule has 0 aliphatic heterocycles. The van der Waals surface area contributed by atoms with Crippen LogP contribution in [0.4, 0.5) is 22.0 Å². The smallest absolute Gasteiger partial charge is 0.206 e. The summed E-state index contributed by atoms with van der Waals surface area (Å²) in [5, 5.41) is 0. The fourth-order valence-corrected chi connectivity index (χ4v) is 4.45. The highest BCUT2D eigenvalue weighted by Gasteiger charge is 2.37. The van der Waals surface area contributed by atoms with Gasteiger partial charge in [-0.2, -0.15) is 13.2 Å². The molecule has 1 aliphatic carbocycles. The van der Waals surface area contributed by atoms with Gasteiger partial charge < -0.3 is 0 Å². The predicted molar refractivity (Wildman–Crippen MR) is 108 cm³/mol. The Hall–Kier alpha value is -1.39. The van der Waals surface area contributed by atoms with Crippen LogP contribution in [0.3, 0.4) is 0 Å². The Morgan fingerprint density at radius 1 is 1.00 bits per heavy atom. The molecule has 29 heavy (non-hydrogen) atoms. The SMILES string of the molecule is CCC/C=C/CCC(C)C1CCC(CCc2cc(F)c(C(F)(F)F)c(F)c2)CC1. The van der Waals surface area contributed by atoms with Crippen molar-refractivity contribution in [2.24, 2.45) is 17.8 Å². The number of halogens is 5. The summed E-state index contributed by atoms with van der Waals surface area (Å²) in [5.41, 5.74) is -1.48. The summed E-state index contributed by atoms with van der Waals surface area (Å²) in [7, 11) is 0. The summed E-state index contributed by atoms with van der Waals surface area (Å²) in [6.45, 7) is 4.50. The molecule has 1 aromatic carbocycles. The lowest BCUT2D eigenvalue weighted by molar-refractivity contribution is -0.142. The predicted octanol–water partition coefficient (Wildman–Crippen LogP) is 8.50. The van der Waals surface area contributed by atoms with Crippen LogP contribution in [0.2, 0.25) is 0 Å². The van der Waals surface area contributed by atoms with E-state index in [0.717, 1.165) is 50.2 Å². The van der Waals surface area contributed by atoms with E-state index in [1.165, 1.54) is 25.7 Å². The number of allylic oxidation sites excluding steroid dienone is 2. The molecule has 0 aromatic heterocycles. The van der Waals surface area contributed by atoms with Crippen LogP contribution in [0.1, 0.15) is 82.8 Å². The normalized spacial score (nSPS) is 21.6. The molecule has 5 heteroatoms. The Balaban J connectivity index is 1.77. The van der Waals surface area contributed by atoms with Crippen molar-refractivity contribution >= 4 is 0 Å². The molecule has 0 spiro atoms. The van der Waals surface area contributed by atoms with Crippen LogP contribution in [0.15, 0.2) is 24.3 Å². The van der Waals surface area contributed by atoms with E-state index in [-0.39, 0.29) is 0 Å². The molecule has 164 valence electrons. The number of hydrogen-bond acceptors (Lipinski definition) is 0. The van der Waals surface area contributed by atoms with Gasteiger partial charge >= 0.3 is 6.18 Å². The molecular formula is C24H33F5. The molecule has 1 atom stereocenters. The number of hydrogen-bond donors (Lipinski definition) is 0. The highest BCUT2D eigenvalue weighted by atomic mass is 19.4. The second kappa shape index (κ2) is 11.1. The van der Waals surface area contributed by atoms with Crippen molar-refractivity contribution in [2.75, 3.05) is 0 Å². The summed E-state index contributed by atoms with van der Waals surface area (Å²) < 4.78 is 65.4. The first kappa shape index (κ1) is 23.9. The van der Waals surface area contributed by atoms with Gasteiger partial charge in [-0.3, -0.25) is 0 Å². The maximum Gasteiger partial charge on any atom is 0.422 e. The van der Waals surface area contributed by atoms with E-state index in [2.05, 4.69) is 26.0 Å². The third-order valence-electron chi connectivity index (χ3n) is 6.33. The maximum atomic E-state index is 13.7. The van der Waals surface area contributed by atoms with E-state index in [9.17, 15) is 22.0 Å². The van der Waals surface area contributed by atoms with Crippen molar-refractivity contribution in [3.63, 3.8) is 0 Å². The molecule has 0 amide bonds. The van der Waals surface area contributed by atoms with Crippen molar-refractivity contribution in [1.29, 1.82) is 0 Å². The Morgan fingerprint density at radius 3 is 2.14 bits per heavy atom. The summed E-state index contributed by atoms with van der Waals surface area (Å²) >= 11 is 0. The Bertz CT molecular complexity index is 631. The Morgan fingerprint density at radius 2 is 1.59 bits per heavy atom. The number of rotatable bonds is 9. The Kier molecular flexibility index (Phi) is 9.16. The van der Waals surface area contributed by atoms with Crippen LogP contribution in [-0.2, 0) is 12.6 Å². The molecule has 0 N–H and O–H groups in total. The van der Waals surface area contributed by atoms with E-state index in [1.54, 1.807) is 0 Å². The average molecular weight is 417 g/mol. The first-order valence-corrected chi connectivity index (χ1v) is 10.9. The van der Waals surface area contributed by atoms with Gasteiger partial charge in [-0.25, -0.2) is 8.78 Å². The van der Waals surface area contributed by atoms with E-state index in [4.69, 9.17) is 0 Å². The maximum absolute atomic E-state index is 13.7. The van der Waals surface area contributed by atoms with Gasteiger partial charge in [0.25, 0.3) is 0 Å². The number of benzene rings is 1. The topological polar surface area (TPSA) is 0 Å². The summed E-state index contributed by atoms with van der Waals surface area (Å²) in [6.07, 6.45) is 9.90. The fourth-order valence-electron chi connectivity index (χ4n) is 4.45. The third-order valence-corrected chi connectivity index (χ3v) is 6.33. The molecule has 1 saturated carbocycles. The van der Waals surface area contributed by atoms with Crippen LogP contribution in [0, 0.1) is 29.4 Å². The Labute approximate surface area is 171 Å². The lowest BCUT2D eigenvalue weighted by Crippen LogP contribution is -2.20. The third kappa shape index (κ3) is 7.42. The van der Waals surface area contributed by atoms with Gasteiger partial charge in [0.05, 0.1) is 0 Å². The second-order valence-corrected chi connectivity index (χ2v) is 8.57. The molecule has 1 aromatic rings. The highest BCUT2D eigenvalue weighted by Crippen LogP contribution is 2.38. The first-order chi connectivity index (χ1) is 13.7. The van der Waals surface area contributed by atoms with Gasteiger partial charge in [0, 0.05) is 0 Å². The first-order valence-electron chi connectivity index (χ1n) is 10.9. The zero-order valence-electron chi connectivity index (χ0n) is 17.5. The van der Waals surface area contributed by atoms with Crippen LogP contribution < -0.4 is 0 Å². The highest BCUT2D eigenvalue weighted by molar-refractivity contribution is 5.28. The van der Waals surface area contributed by atoms with E-state index < -0.39 is 23.4 Å². The van der Waals surface area contributed by atoms with Crippen LogP contribution >= 0.6 is 0 Å². The van der Waals surface area contributed by atoms with Crippen molar-refractivity contribution in [3.8, 4) is 0 Å². The molecular weight excluding hydrogens is 383 g/mol. The molecule has 0 heterocycles. The number of unbranched alkanes of at least 4 members (excludes halogenated alkanes) is 1. The standard InChI is InChI=1S/C24H33F5/c1-3-4-5-6-7-8-17(2)20-13-11-18(12-14-20)9-10-19-15-21(25)23(22(26)16-19)24(27,28)29/h5-6,15-18,20H,3-4,7-14H2,1-2H3/b6-5+. The quantitative estimate of drug-likeness (QED) is 0.280. The largest absolute Gasteiger partial charge is 0.422 e. The summed E-state index contributed by atoms with van der Waals surface area (Å²) in [4.78, 5) is 0. The zero-order valence-corrected chi connectivity index (χ0v) is 17.5. The average Bonchev–Trinajstić information content (AvgIpc) is 2.65. The minimum atomic E-state index is -5.01. The molecule has 1 aliphatic rings. The van der Waals surface area contributed by atoms with Gasteiger partial charge in [0.15, 0.2) is 0 Å². The molecule has 0 bridgehead atoms. The molecule has 1 unspecified atom stereocenters. The lowest BCUT2D eigenvalue weighted by Gasteiger charge is -2.32. The van der Waals surface area contributed by atoms with Gasteiger partial charge in [-0.1, -0.05) is 45.3 Å². The monoisotopic (exact) mass is 416 g/mol. The number of aryl methyl sites for hydroxylation is 1. The fraction of sp³-hybridized carbons (Fsp3) is 0.667. The van der Waals surface area contributed by atoms with Gasteiger partial charge in [0.2, 0.25) is 0 Å². The zero-order chi connectivity index (χ0) is 21.4. The van der Waals surface area contributed by atoms with Crippen molar-refractivity contribution in [2.45, 2.75) is 84.2 Å². The van der Waals surface area contributed by atoms with E-state index >= 15 is 0 Å². The molecule has 0 nitrogen and oxygen atoms in total. The molecule has 1 fully saturated rings. The van der Waals surface area contributed by atoms with E-state index in [1.807, 2.05) is 0 Å². The van der Waals surface area contributed by atoms with Crippen LogP contribution in [-0.4, -0.2) is 0 Å². The number of alkyl halides is 3. The van der Waals surface area contributed by atoms with Crippen molar-refractivity contribution < 1.29 is 22.0 Å². The molecule has 0 saturated heterocycles. The summed E-state index contributed by atoms with van der Waals surface area (Å²) in [5.74, 6) is -1.13. The van der Waals surface area contributed by atoms with Crippen molar-refractivity contribution in [3.05, 3.63) is 47.0 Å². The van der Waals surface area contributed by atoms with Gasteiger partial charge in [0.1, 0.15) is 17.2 Å². The van der Waals surface area contributed by atoms with Gasteiger partial charge in [-0.15, -0.1) is 0 Å². The van der Waals surface area contributed by atoms with Crippen LogP contribution in [0.5, 0.6) is 0 Å². The minimum absolute atomic E-state index is 0.308. The van der Waals surface area contributed by atoms with E-state index in [0.29, 0.717) is 23.8 Å². The van der Waals surface area contributed by atoms with Crippen molar-refractivity contribution in [1.82, 2.24) is 0 Å². The minimum Gasteiger partial charge on any atom is -0.206 e. The molecule has 2 rings (SSSR count). The lowest BCUT2D eigenvalue weighted by atomic mass is 9.74. The second-order valence-electron chi connectivity index (χ2n) is 8.57. The summed E-state index contributed by atoms with van der Waals surface area (Å²) in [6, 6.07) is 1.68. The molecule has 0 radical (unpaired) electrons.